The molecule has 1 aliphatic rings. The summed E-state index contributed by atoms with van der Waals surface area (Å²) >= 11 is 0. The number of aliphatic hydroxyl groups is 2. The number of hydrogen-bond donors (Lipinski definition) is 3. The van der Waals surface area contributed by atoms with Gasteiger partial charge in [0.05, 0.1) is 17.7 Å². The number of pyridine rings is 1. The zero-order valence-corrected chi connectivity index (χ0v) is 15.8. The van der Waals surface area contributed by atoms with Crippen molar-refractivity contribution >= 4 is 16.9 Å². The van der Waals surface area contributed by atoms with E-state index in [0.717, 1.165) is 13.1 Å². The van der Waals surface area contributed by atoms with Crippen molar-refractivity contribution in [1.82, 2.24) is 20.1 Å². The Bertz CT molecular complexity index is 1020. The van der Waals surface area contributed by atoms with Gasteiger partial charge < -0.3 is 25.2 Å². The van der Waals surface area contributed by atoms with Crippen molar-refractivity contribution in [2.45, 2.75) is 12.5 Å². The van der Waals surface area contributed by atoms with Gasteiger partial charge in [0.15, 0.2) is 11.5 Å². The van der Waals surface area contributed by atoms with Crippen molar-refractivity contribution in [3.8, 4) is 11.4 Å². The molecule has 8 nitrogen and oxygen atoms in total. The third kappa shape index (κ3) is 4.04. The normalized spacial score (nSPS) is 16.1. The monoisotopic (exact) mass is 423 g/mol. The molecule has 11 heteroatoms. The molecule has 1 atom stereocenters. The average Bonchev–Trinajstić information content (AvgIpc) is 3.13. The van der Waals surface area contributed by atoms with E-state index in [1.807, 2.05) is 4.90 Å². The summed E-state index contributed by atoms with van der Waals surface area (Å²) in [5.41, 5.74) is 1.40. The summed E-state index contributed by atoms with van der Waals surface area (Å²) in [6.45, 7) is 2.43. The fraction of sp³-hybridized carbons (Fsp3) is 0.368. The minimum absolute atomic E-state index is 0.339. The van der Waals surface area contributed by atoms with Gasteiger partial charge in [-0.1, -0.05) is 0 Å². The molecule has 0 bridgehead atoms. The Morgan fingerprint density at radius 3 is 2.47 bits per heavy atom. The van der Waals surface area contributed by atoms with Crippen molar-refractivity contribution in [2.75, 3.05) is 37.7 Å². The molecule has 0 saturated carbocycles. The maximum absolute atomic E-state index is 12.4. The highest BCUT2D eigenvalue weighted by atomic mass is 19.4. The molecule has 30 heavy (non-hydrogen) atoms. The van der Waals surface area contributed by atoms with Crippen LogP contribution in [0.25, 0.3) is 16.7 Å². The number of alkyl halides is 3. The second kappa shape index (κ2) is 8.09. The standard InChI is InChI=1S/C19H20F3N5O3/c20-19(21,22)30-13-3-1-12(2-4-13)27-17-16(14(5-6-24-17)15(29)11-28)18(25-27)26-9-7-23-8-10-26/h1-6,15,23,28-29H,7-11H2. The first kappa shape index (κ1) is 20.4. The molecular formula is C19H20F3N5O3. The van der Waals surface area contributed by atoms with Crippen molar-refractivity contribution in [3.63, 3.8) is 0 Å². The second-order valence-corrected chi connectivity index (χ2v) is 6.81. The lowest BCUT2D eigenvalue weighted by molar-refractivity contribution is -0.274. The molecule has 2 aromatic heterocycles. The van der Waals surface area contributed by atoms with E-state index >= 15 is 0 Å². The van der Waals surface area contributed by atoms with Gasteiger partial charge in [0.1, 0.15) is 11.9 Å². The molecule has 1 saturated heterocycles. The molecule has 1 fully saturated rings. The van der Waals surface area contributed by atoms with Gasteiger partial charge in [-0.3, -0.25) is 0 Å². The quantitative estimate of drug-likeness (QED) is 0.576. The van der Waals surface area contributed by atoms with E-state index in [2.05, 4.69) is 20.1 Å². The van der Waals surface area contributed by atoms with Gasteiger partial charge in [0.25, 0.3) is 0 Å². The molecule has 0 spiro atoms. The van der Waals surface area contributed by atoms with Gasteiger partial charge in [-0.05, 0) is 35.9 Å². The predicted octanol–water partition coefficient (Wildman–Crippen LogP) is 1.75. The zero-order chi connectivity index (χ0) is 21.3. The summed E-state index contributed by atoms with van der Waals surface area (Å²) in [7, 11) is 0. The highest BCUT2D eigenvalue weighted by Crippen LogP contribution is 2.34. The summed E-state index contributed by atoms with van der Waals surface area (Å²) in [6, 6.07) is 6.93. The van der Waals surface area contributed by atoms with Crippen molar-refractivity contribution < 1.29 is 28.1 Å². The summed E-state index contributed by atoms with van der Waals surface area (Å²) in [5.74, 6) is 0.257. The van der Waals surface area contributed by atoms with Gasteiger partial charge in [-0.15, -0.1) is 18.3 Å². The fourth-order valence-corrected chi connectivity index (χ4v) is 3.49. The van der Waals surface area contributed by atoms with E-state index in [4.69, 9.17) is 0 Å². The minimum atomic E-state index is -4.77. The molecule has 1 unspecified atom stereocenters. The SMILES string of the molecule is OCC(O)c1ccnc2c1c(N1CCNCC1)nn2-c1ccc(OC(F)(F)F)cc1. The second-order valence-electron chi connectivity index (χ2n) is 6.81. The van der Waals surface area contributed by atoms with Crippen molar-refractivity contribution in [2.24, 2.45) is 0 Å². The molecule has 160 valence electrons. The smallest absolute Gasteiger partial charge is 0.406 e. The van der Waals surface area contributed by atoms with Crippen LogP contribution in [0.1, 0.15) is 11.7 Å². The number of anilines is 1. The molecule has 0 amide bonds. The van der Waals surface area contributed by atoms with E-state index in [0.29, 0.717) is 41.2 Å². The van der Waals surface area contributed by atoms with Crippen LogP contribution in [0, 0.1) is 0 Å². The topological polar surface area (TPSA) is 95.7 Å². The zero-order valence-electron chi connectivity index (χ0n) is 15.8. The van der Waals surface area contributed by atoms with E-state index < -0.39 is 19.1 Å². The predicted molar refractivity (Wildman–Crippen MR) is 103 cm³/mol. The number of benzene rings is 1. The van der Waals surface area contributed by atoms with Crippen molar-refractivity contribution in [1.29, 1.82) is 0 Å². The lowest BCUT2D eigenvalue weighted by atomic mass is 10.1. The molecule has 3 aromatic rings. The molecule has 0 aliphatic carbocycles. The largest absolute Gasteiger partial charge is 0.573 e. The molecule has 1 aliphatic heterocycles. The number of piperazine rings is 1. The number of aromatic nitrogens is 3. The number of rotatable bonds is 5. The first-order valence-corrected chi connectivity index (χ1v) is 9.36. The van der Waals surface area contributed by atoms with Crippen LogP contribution in [0.5, 0.6) is 5.75 Å². The number of aliphatic hydroxyl groups excluding tert-OH is 2. The van der Waals surface area contributed by atoms with E-state index in [1.165, 1.54) is 35.1 Å². The molecule has 0 radical (unpaired) electrons. The number of fused-ring (bicyclic) bond motifs is 1. The van der Waals surface area contributed by atoms with Crippen LogP contribution in [0.3, 0.4) is 0 Å². The van der Waals surface area contributed by atoms with Gasteiger partial charge >= 0.3 is 6.36 Å². The van der Waals surface area contributed by atoms with Gasteiger partial charge in [-0.2, -0.15) is 0 Å². The number of nitrogens with zero attached hydrogens (tertiary/aromatic N) is 4. The highest BCUT2D eigenvalue weighted by Gasteiger charge is 2.31. The van der Waals surface area contributed by atoms with Crippen LogP contribution < -0.4 is 15.0 Å². The first-order valence-electron chi connectivity index (χ1n) is 9.36. The Labute approximate surface area is 169 Å². The Kier molecular flexibility index (Phi) is 5.50. The van der Waals surface area contributed by atoms with E-state index in [-0.39, 0.29) is 5.75 Å². The molecule has 1 aromatic carbocycles. The van der Waals surface area contributed by atoms with Crippen LogP contribution in [0.2, 0.25) is 0 Å². The van der Waals surface area contributed by atoms with Gasteiger partial charge in [-0.25, -0.2) is 9.67 Å². The fourth-order valence-electron chi connectivity index (χ4n) is 3.49. The Hall–Kier alpha value is -2.89. The van der Waals surface area contributed by atoms with Gasteiger partial charge in [0, 0.05) is 32.4 Å². The lowest BCUT2D eigenvalue weighted by Gasteiger charge is -2.28. The number of halogens is 3. The lowest BCUT2D eigenvalue weighted by Crippen LogP contribution is -2.43. The van der Waals surface area contributed by atoms with Crippen LogP contribution >= 0.6 is 0 Å². The third-order valence-corrected chi connectivity index (χ3v) is 4.85. The Morgan fingerprint density at radius 1 is 1.13 bits per heavy atom. The maximum Gasteiger partial charge on any atom is 0.573 e. The Morgan fingerprint density at radius 2 is 1.83 bits per heavy atom. The number of ether oxygens (including phenoxy) is 1. The van der Waals surface area contributed by atoms with Crippen molar-refractivity contribution in [3.05, 3.63) is 42.1 Å². The third-order valence-electron chi connectivity index (χ3n) is 4.85. The van der Waals surface area contributed by atoms with E-state index in [1.54, 1.807) is 6.07 Å². The van der Waals surface area contributed by atoms with Crippen LogP contribution in [-0.4, -0.2) is 64.1 Å². The van der Waals surface area contributed by atoms with Gasteiger partial charge in [0.2, 0.25) is 0 Å². The maximum atomic E-state index is 12.4. The molecule has 3 N–H and O–H groups in total. The number of hydrogen-bond acceptors (Lipinski definition) is 7. The van der Waals surface area contributed by atoms with E-state index in [9.17, 15) is 23.4 Å². The first-order chi connectivity index (χ1) is 14.4. The summed E-state index contributed by atoms with van der Waals surface area (Å²) in [5, 5.41) is 28.3. The van der Waals surface area contributed by atoms with Crippen LogP contribution in [0.4, 0.5) is 19.0 Å². The highest BCUT2D eigenvalue weighted by molar-refractivity contribution is 5.92. The summed E-state index contributed by atoms with van der Waals surface area (Å²) in [4.78, 5) is 6.43. The minimum Gasteiger partial charge on any atom is -0.406 e. The summed E-state index contributed by atoms with van der Waals surface area (Å²) < 4.78 is 42.7. The molecular weight excluding hydrogens is 403 g/mol. The average molecular weight is 423 g/mol. The number of nitrogens with one attached hydrogen (secondary N) is 1. The summed E-state index contributed by atoms with van der Waals surface area (Å²) in [6.07, 6.45) is -4.39. The Balaban J connectivity index is 1.82. The molecule has 3 heterocycles. The molecule has 4 rings (SSSR count). The van der Waals surface area contributed by atoms with Crippen LogP contribution in [-0.2, 0) is 0 Å². The van der Waals surface area contributed by atoms with Crippen LogP contribution in [0.15, 0.2) is 36.5 Å².